The highest BCUT2D eigenvalue weighted by atomic mass is 19.4. The lowest BCUT2D eigenvalue weighted by Gasteiger charge is -2.13. The number of nitro groups is 1. The third-order valence-electron chi connectivity index (χ3n) is 3.11. The van der Waals surface area contributed by atoms with Crippen LogP contribution in [-0.4, -0.2) is 27.8 Å². The van der Waals surface area contributed by atoms with Crippen molar-refractivity contribution in [2.45, 2.75) is 12.4 Å². The van der Waals surface area contributed by atoms with Gasteiger partial charge in [-0.05, 0) is 6.07 Å². The van der Waals surface area contributed by atoms with Gasteiger partial charge in [0, 0.05) is 18.2 Å². The predicted octanol–water partition coefficient (Wildman–Crippen LogP) is 3.60. The van der Waals surface area contributed by atoms with E-state index in [1.807, 2.05) is 0 Å². The van der Waals surface area contributed by atoms with Crippen LogP contribution in [0.25, 0.3) is 5.69 Å². The molecule has 0 N–H and O–H groups in total. The fourth-order valence-electron chi connectivity index (χ4n) is 2.00. The number of esters is 1. The molecule has 0 atom stereocenters. The van der Waals surface area contributed by atoms with Crippen LogP contribution in [0.2, 0.25) is 0 Å². The topological polar surface area (TPSA) is 87.3 Å². The van der Waals surface area contributed by atoms with E-state index in [1.165, 1.54) is 0 Å². The molecule has 13 heteroatoms. The van der Waals surface area contributed by atoms with Crippen molar-refractivity contribution in [2.24, 2.45) is 0 Å². The van der Waals surface area contributed by atoms with Gasteiger partial charge in [-0.25, -0.2) is 9.48 Å². The minimum absolute atomic E-state index is 0.154. The van der Waals surface area contributed by atoms with Crippen LogP contribution in [0.5, 0.6) is 0 Å². The summed E-state index contributed by atoms with van der Waals surface area (Å²) < 4.78 is 81.8. The number of carbonyl (C=O) groups excluding carboxylic acids is 1. The standard InChI is InChI=1S/C13H7F6N3O4/c1-26-11(23)7-4-6(22(24)25)2-3-8(7)21-10(13(17,18)19)5-9(20-21)12(14,15)16/h2-5H,1H3. The van der Waals surface area contributed by atoms with Crippen LogP contribution in [0.4, 0.5) is 32.0 Å². The van der Waals surface area contributed by atoms with Crippen LogP contribution < -0.4 is 0 Å². The van der Waals surface area contributed by atoms with Crippen molar-refractivity contribution in [1.29, 1.82) is 0 Å². The monoisotopic (exact) mass is 383 g/mol. The van der Waals surface area contributed by atoms with Gasteiger partial charge in [0.15, 0.2) is 5.69 Å². The first-order valence-corrected chi connectivity index (χ1v) is 6.48. The van der Waals surface area contributed by atoms with Gasteiger partial charge in [0.25, 0.3) is 5.69 Å². The molecule has 0 spiro atoms. The number of ether oxygens (including phenoxy) is 1. The first kappa shape index (κ1) is 19.2. The summed E-state index contributed by atoms with van der Waals surface area (Å²) >= 11 is 0. The maximum Gasteiger partial charge on any atom is 0.435 e. The minimum atomic E-state index is -5.24. The first-order valence-electron chi connectivity index (χ1n) is 6.48. The number of nitro benzene ring substituents is 1. The minimum Gasteiger partial charge on any atom is -0.465 e. The zero-order chi connectivity index (χ0) is 19.9. The van der Waals surface area contributed by atoms with Crippen LogP contribution in [0.15, 0.2) is 24.3 Å². The number of benzene rings is 1. The van der Waals surface area contributed by atoms with Crippen molar-refractivity contribution in [3.8, 4) is 5.69 Å². The molecule has 2 aromatic rings. The number of alkyl halides is 6. The average molecular weight is 383 g/mol. The van der Waals surface area contributed by atoms with Crippen LogP contribution in [0.3, 0.4) is 0 Å². The normalized spacial score (nSPS) is 12.1. The number of nitrogens with zero attached hydrogens (tertiary/aromatic N) is 3. The Morgan fingerprint density at radius 2 is 1.77 bits per heavy atom. The molecule has 0 radical (unpaired) electrons. The molecule has 0 saturated heterocycles. The van der Waals surface area contributed by atoms with Gasteiger partial charge in [-0.1, -0.05) is 0 Å². The maximum atomic E-state index is 13.1. The predicted molar refractivity (Wildman–Crippen MR) is 71.6 cm³/mol. The molecule has 1 aromatic heterocycles. The molecular formula is C13H7F6N3O4. The highest BCUT2D eigenvalue weighted by molar-refractivity contribution is 5.94. The Labute approximate surface area is 139 Å². The smallest absolute Gasteiger partial charge is 0.435 e. The van der Waals surface area contributed by atoms with E-state index < -0.39 is 51.6 Å². The lowest BCUT2D eigenvalue weighted by molar-refractivity contribution is -0.384. The lowest BCUT2D eigenvalue weighted by Crippen LogP contribution is -2.17. The van der Waals surface area contributed by atoms with E-state index in [4.69, 9.17) is 0 Å². The molecule has 0 bridgehead atoms. The summed E-state index contributed by atoms with van der Waals surface area (Å²) in [7, 11) is 0.847. The summed E-state index contributed by atoms with van der Waals surface area (Å²) in [6.45, 7) is 0. The van der Waals surface area contributed by atoms with Crippen LogP contribution in [0, 0.1) is 10.1 Å². The summed E-state index contributed by atoms with van der Waals surface area (Å²) in [5, 5.41) is 13.6. The van der Waals surface area contributed by atoms with Crippen LogP contribution in [-0.2, 0) is 17.1 Å². The molecule has 7 nitrogen and oxygen atoms in total. The molecule has 2 rings (SSSR count). The summed E-state index contributed by atoms with van der Waals surface area (Å²) in [6.07, 6.45) is -10.4. The molecule has 0 amide bonds. The van der Waals surface area contributed by atoms with Crippen LogP contribution >= 0.6 is 0 Å². The maximum absolute atomic E-state index is 13.1. The van der Waals surface area contributed by atoms with Crippen molar-refractivity contribution in [2.75, 3.05) is 7.11 Å². The Morgan fingerprint density at radius 3 is 2.23 bits per heavy atom. The van der Waals surface area contributed by atoms with Gasteiger partial charge in [-0.2, -0.15) is 31.4 Å². The molecule has 0 aliphatic carbocycles. The molecule has 0 aliphatic rings. The number of methoxy groups -OCH3 is 1. The van der Waals surface area contributed by atoms with E-state index in [0.29, 0.717) is 12.1 Å². The highest BCUT2D eigenvalue weighted by Gasteiger charge is 2.42. The Morgan fingerprint density at radius 1 is 1.15 bits per heavy atom. The SMILES string of the molecule is COC(=O)c1cc([N+](=O)[O-])ccc1-n1nc(C(F)(F)F)cc1C(F)(F)F. The zero-order valence-electron chi connectivity index (χ0n) is 12.6. The molecule has 0 fully saturated rings. The number of carbonyl (C=O) groups is 1. The number of aromatic nitrogens is 2. The average Bonchev–Trinajstić information content (AvgIpc) is 2.99. The fraction of sp³-hybridized carbons (Fsp3) is 0.231. The Hall–Kier alpha value is -3.12. The highest BCUT2D eigenvalue weighted by Crippen LogP contribution is 2.37. The second-order valence-corrected chi connectivity index (χ2v) is 4.77. The van der Waals surface area contributed by atoms with Gasteiger partial charge in [0.05, 0.1) is 23.3 Å². The van der Waals surface area contributed by atoms with E-state index in [2.05, 4.69) is 9.84 Å². The Kier molecular flexibility index (Phi) is 4.66. The molecule has 1 heterocycles. The van der Waals surface area contributed by atoms with E-state index in [9.17, 15) is 41.3 Å². The molecule has 1 aromatic carbocycles. The third-order valence-corrected chi connectivity index (χ3v) is 3.11. The van der Waals surface area contributed by atoms with Crippen molar-refractivity contribution in [3.63, 3.8) is 0 Å². The molecular weight excluding hydrogens is 376 g/mol. The number of non-ortho nitro benzene ring substituents is 1. The molecule has 140 valence electrons. The van der Waals surface area contributed by atoms with Crippen molar-refractivity contribution < 1.29 is 40.8 Å². The molecule has 0 aliphatic heterocycles. The Balaban J connectivity index is 2.80. The molecule has 26 heavy (non-hydrogen) atoms. The largest absolute Gasteiger partial charge is 0.465 e. The van der Waals surface area contributed by atoms with E-state index >= 15 is 0 Å². The van der Waals surface area contributed by atoms with Gasteiger partial charge in [-0.3, -0.25) is 10.1 Å². The molecule has 0 saturated carbocycles. The van der Waals surface area contributed by atoms with Crippen LogP contribution in [0.1, 0.15) is 21.7 Å². The van der Waals surface area contributed by atoms with Gasteiger partial charge in [0.1, 0.15) is 5.69 Å². The van der Waals surface area contributed by atoms with Crippen molar-refractivity contribution in [3.05, 3.63) is 51.3 Å². The van der Waals surface area contributed by atoms with Gasteiger partial charge < -0.3 is 4.74 Å². The zero-order valence-corrected chi connectivity index (χ0v) is 12.6. The van der Waals surface area contributed by atoms with Crippen molar-refractivity contribution in [1.82, 2.24) is 9.78 Å². The number of halogens is 6. The van der Waals surface area contributed by atoms with Gasteiger partial charge in [0.2, 0.25) is 0 Å². The van der Waals surface area contributed by atoms with E-state index in [1.54, 1.807) is 0 Å². The summed E-state index contributed by atoms with van der Waals surface area (Å²) in [4.78, 5) is 21.6. The number of hydrogen-bond donors (Lipinski definition) is 0. The fourth-order valence-corrected chi connectivity index (χ4v) is 2.00. The summed E-state index contributed by atoms with van der Waals surface area (Å²) in [5.41, 5.74) is -5.86. The quantitative estimate of drug-likeness (QED) is 0.350. The number of hydrogen-bond acceptors (Lipinski definition) is 5. The van der Waals surface area contributed by atoms with Gasteiger partial charge >= 0.3 is 18.3 Å². The number of rotatable bonds is 3. The Bertz CT molecular complexity index is 872. The van der Waals surface area contributed by atoms with Gasteiger partial charge in [-0.15, -0.1) is 0 Å². The molecule has 0 unspecified atom stereocenters. The lowest BCUT2D eigenvalue weighted by atomic mass is 10.1. The second-order valence-electron chi connectivity index (χ2n) is 4.77. The first-order chi connectivity index (χ1) is 11.9. The summed E-state index contributed by atoms with van der Waals surface area (Å²) in [5.74, 6) is -1.29. The van der Waals surface area contributed by atoms with E-state index in [-0.39, 0.29) is 10.7 Å². The van der Waals surface area contributed by atoms with E-state index in [0.717, 1.165) is 13.2 Å². The second kappa shape index (κ2) is 6.31. The van der Waals surface area contributed by atoms with Crippen molar-refractivity contribution >= 4 is 11.7 Å². The third kappa shape index (κ3) is 3.60. The summed E-state index contributed by atoms with van der Waals surface area (Å²) in [6, 6.07) is 1.74.